The van der Waals surface area contributed by atoms with Gasteiger partial charge in [-0.3, -0.25) is 14.2 Å². The van der Waals surface area contributed by atoms with E-state index in [0.717, 1.165) is 53.3 Å². The monoisotopic (exact) mass is 502 g/mol. The molecule has 2 atom stereocenters. The summed E-state index contributed by atoms with van der Waals surface area (Å²) >= 11 is 0. The van der Waals surface area contributed by atoms with Crippen LogP contribution < -0.4 is 5.32 Å². The lowest BCUT2D eigenvalue weighted by Crippen LogP contribution is -2.39. The van der Waals surface area contributed by atoms with Crippen LogP contribution in [0, 0.1) is 0 Å². The summed E-state index contributed by atoms with van der Waals surface area (Å²) in [6.45, 7) is 1.86. The minimum absolute atomic E-state index is 0.00726. The number of ether oxygens (including phenoxy) is 2. The van der Waals surface area contributed by atoms with Crippen molar-refractivity contribution < 1.29 is 24.2 Å². The van der Waals surface area contributed by atoms with Crippen LogP contribution in [0.4, 0.5) is 0 Å². The largest absolute Gasteiger partial charge is 0.459 e. The number of allylic oxidation sites excluding steroid dienone is 1. The van der Waals surface area contributed by atoms with Crippen molar-refractivity contribution in [2.24, 2.45) is 0 Å². The van der Waals surface area contributed by atoms with E-state index in [1.807, 2.05) is 60.8 Å². The van der Waals surface area contributed by atoms with Gasteiger partial charge in [0, 0.05) is 36.9 Å². The molecule has 0 saturated heterocycles. The molecule has 0 bridgehead atoms. The molecule has 0 unspecified atom stereocenters. The standard InChI is InChI=1S/C30H34N2O5/c1-20(34)32-17-26(25-9-5-6-10-27(25)32)23-15-28(30(35)31-24-7-3-2-4-8-24)37-29(16-23)36-19-22-13-11-21(18-33)12-14-22/h5-6,9-15,17,23-24,29,33H,2-4,7-8,16,18-19H2,1H3,(H,31,35)/t23-,29+/m0/s1. The van der Waals surface area contributed by atoms with E-state index < -0.39 is 6.29 Å². The van der Waals surface area contributed by atoms with E-state index in [2.05, 4.69) is 5.32 Å². The second-order valence-corrected chi connectivity index (χ2v) is 10.0. The number of hydrogen-bond acceptors (Lipinski definition) is 5. The van der Waals surface area contributed by atoms with Gasteiger partial charge in [0.25, 0.3) is 5.91 Å². The molecule has 3 aromatic rings. The number of carbonyl (C=O) groups is 2. The van der Waals surface area contributed by atoms with Crippen molar-refractivity contribution in [3.05, 3.63) is 83.3 Å². The molecule has 1 saturated carbocycles. The highest BCUT2D eigenvalue weighted by Gasteiger charge is 2.31. The first-order valence-corrected chi connectivity index (χ1v) is 13.1. The number of rotatable bonds is 7. The lowest BCUT2D eigenvalue weighted by Gasteiger charge is -2.30. The van der Waals surface area contributed by atoms with Crippen LogP contribution in [0.25, 0.3) is 10.9 Å². The Kier molecular flexibility index (Phi) is 7.72. The van der Waals surface area contributed by atoms with Crippen molar-refractivity contribution in [3.8, 4) is 0 Å². The molecule has 0 radical (unpaired) electrons. The zero-order valence-electron chi connectivity index (χ0n) is 21.2. The lowest BCUT2D eigenvalue weighted by molar-refractivity contribution is -0.150. The predicted octanol–water partition coefficient (Wildman–Crippen LogP) is 5.17. The maximum absolute atomic E-state index is 13.3. The first-order valence-electron chi connectivity index (χ1n) is 13.1. The molecule has 2 N–H and O–H groups in total. The van der Waals surface area contributed by atoms with E-state index in [9.17, 15) is 14.7 Å². The van der Waals surface area contributed by atoms with Crippen LogP contribution in [0.3, 0.4) is 0 Å². The Morgan fingerprint density at radius 2 is 1.78 bits per heavy atom. The second kappa shape index (κ2) is 11.3. The van der Waals surface area contributed by atoms with Crippen LogP contribution in [0.15, 0.2) is 66.6 Å². The Morgan fingerprint density at radius 3 is 2.51 bits per heavy atom. The summed E-state index contributed by atoms with van der Waals surface area (Å²) in [6.07, 6.45) is 9.07. The minimum atomic E-state index is -0.626. The van der Waals surface area contributed by atoms with Crippen LogP contribution in [0.5, 0.6) is 0 Å². The third-order valence-electron chi connectivity index (χ3n) is 7.34. The number of aliphatic hydroxyl groups excluding tert-OH is 1. The molecular weight excluding hydrogens is 468 g/mol. The first-order chi connectivity index (χ1) is 18.0. The molecule has 7 nitrogen and oxygen atoms in total. The average molecular weight is 503 g/mol. The molecule has 5 rings (SSSR count). The molecule has 2 aromatic carbocycles. The molecule has 1 aromatic heterocycles. The number of benzene rings is 2. The second-order valence-electron chi connectivity index (χ2n) is 10.0. The molecule has 1 aliphatic heterocycles. The minimum Gasteiger partial charge on any atom is -0.459 e. The maximum Gasteiger partial charge on any atom is 0.286 e. The number of hydrogen-bond donors (Lipinski definition) is 2. The van der Waals surface area contributed by atoms with Crippen LogP contribution in [-0.2, 0) is 27.5 Å². The number of amides is 1. The number of carbonyl (C=O) groups excluding carboxylic acids is 2. The fourth-order valence-electron chi connectivity index (χ4n) is 5.33. The van der Waals surface area contributed by atoms with E-state index in [4.69, 9.17) is 9.47 Å². The number of nitrogens with zero attached hydrogens (tertiary/aromatic N) is 1. The predicted molar refractivity (Wildman–Crippen MR) is 141 cm³/mol. The summed E-state index contributed by atoms with van der Waals surface area (Å²) in [5, 5.41) is 13.4. The molecule has 1 fully saturated rings. The lowest BCUT2D eigenvalue weighted by atomic mass is 9.92. The normalized spacial score (nSPS) is 20.3. The quantitative estimate of drug-likeness (QED) is 0.465. The van der Waals surface area contributed by atoms with Gasteiger partial charge in [0.2, 0.25) is 12.2 Å². The van der Waals surface area contributed by atoms with Gasteiger partial charge in [-0.1, -0.05) is 61.7 Å². The molecule has 2 heterocycles. The van der Waals surface area contributed by atoms with Gasteiger partial charge in [0.05, 0.1) is 18.7 Å². The molecule has 2 aliphatic rings. The molecular formula is C30H34N2O5. The third-order valence-corrected chi connectivity index (χ3v) is 7.34. The van der Waals surface area contributed by atoms with E-state index in [0.29, 0.717) is 13.0 Å². The summed E-state index contributed by atoms with van der Waals surface area (Å²) in [5.41, 5.74) is 3.61. The number of para-hydroxylation sites is 1. The van der Waals surface area contributed by atoms with E-state index in [1.165, 1.54) is 6.42 Å². The fourth-order valence-corrected chi connectivity index (χ4v) is 5.33. The molecule has 7 heteroatoms. The Labute approximate surface area is 217 Å². The Bertz CT molecular complexity index is 1290. The summed E-state index contributed by atoms with van der Waals surface area (Å²) < 4.78 is 13.9. The zero-order chi connectivity index (χ0) is 25.8. The molecule has 1 aliphatic carbocycles. The molecule has 1 amide bonds. The highest BCUT2D eigenvalue weighted by Crippen LogP contribution is 2.37. The molecule has 37 heavy (non-hydrogen) atoms. The average Bonchev–Trinajstić information content (AvgIpc) is 3.33. The van der Waals surface area contributed by atoms with Crippen molar-refractivity contribution in [1.82, 2.24) is 9.88 Å². The fraction of sp³-hybridized carbons (Fsp3) is 0.400. The van der Waals surface area contributed by atoms with Gasteiger partial charge in [0.1, 0.15) is 0 Å². The number of nitrogens with one attached hydrogen (secondary N) is 1. The molecule has 194 valence electrons. The van der Waals surface area contributed by atoms with E-state index in [-0.39, 0.29) is 36.1 Å². The van der Waals surface area contributed by atoms with Crippen molar-refractivity contribution in [1.29, 1.82) is 0 Å². The SMILES string of the molecule is CC(=O)n1cc([C@H]2C=C(C(=O)NC3CCCCC3)O[C@@H](OCc3ccc(CO)cc3)C2)c2ccccc21. The van der Waals surface area contributed by atoms with Gasteiger partial charge in [-0.15, -0.1) is 0 Å². The van der Waals surface area contributed by atoms with Gasteiger partial charge in [-0.25, -0.2) is 0 Å². The van der Waals surface area contributed by atoms with Crippen LogP contribution >= 0.6 is 0 Å². The molecule has 0 spiro atoms. The highest BCUT2D eigenvalue weighted by molar-refractivity contribution is 5.95. The van der Waals surface area contributed by atoms with Gasteiger partial charge in [-0.2, -0.15) is 0 Å². The van der Waals surface area contributed by atoms with Crippen molar-refractivity contribution >= 4 is 22.7 Å². The third kappa shape index (κ3) is 5.78. The smallest absolute Gasteiger partial charge is 0.286 e. The summed E-state index contributed by atoms with van der Waals surface area (Å²) in [6, 6.07) is 15.5. The van der Waals surface area contributed by atoms with Crippen molar-refractivity contribution in [2.45, 2.75) is 76.9 Å². The summed E-state index contributed by atoms with van der Waals surface area (Å²) in [5.74, 6) is -0.170. The van der Waals surface area contributed by atoms with Crippen molar-refractivity contribution in [3.63, 3.8) is 0 Å². The Morgan fingerprint density at radius 1 is 1.05 bits per heavy atom. The zero-order valence-corrected chi connectivity index (χ0v) is 21.2. The van der Waals surface area contributed by atoms with E-state index >= 15 is 0 Å². The van der Waals surface area contributed by atoms with Gasteiger partial charge >= 0.3 is 0 Å². The number of aliphatic hydroxyl groups is 1. The van der Waals surface area contributed by atoms with Crippen LogP contribution in [-0.4, -0.2) is 33.8 Å². The Hall–Kier alpha value is -3.42. The van der Waals surface area contributed by atoms with Crippen LogP contribution in [0.1, 0.15) is 72.9 Å². The summed E-state index contributed by atoms with van der Waals surface area (Å²) in [7, 11) is 0. The summed E-state index contributed by atoms with van der Waals surface area (Å²) in [4.78, 5) is 25.6. The van der Waals surface area contributed by atoms with E-state index in [1.54, 1.807) is 11.5 Å². The first kappa shape index (κ1) is 25.2. The van der Waals surface area contributed by atoms with Gasteiger partial charge < -0.3 is 19.9 Å². The van der Waals surface area contributed by atoms with Gasteiger partial charge in [0.15, 0.2) is 5.76 Å². The maximum atomic E-state index is 13.3. The van der Waals surface area contributed by atoms with Crippen molar-refractivity contribution in [2.75, 3.05) is 0 Å². The Balaban J connectivity index is 1.41. The van der Waals surface area contributed by atoms with Crippen LogP contribution in [0.2, 0.25) is 0 Å². The highest BCUT2D eigenvalue weighted by atomic mass is 16.7. The number of aromatic nitrogens is 1. The number of fused-ring (bicyclic) bond motifs is 1. The topological polar surface area (TPSA) is 89.8 Å². The van der Waals surface area contributed by atoms with Gasteiger partial charge in [-0.05, 0) is 41.7 Å².